The van der Waals surface area contributed by atoms with E-state index in [9.17, 15) is 26.4 Å². The number of benzene rings is 2. The number of halogens is 4. The van der Waals surface area contributed by atoms with Crippen molar-refractivity contribution in [3.8, 4) is 0 Å². The molecule has 0 saturated carbocycles. The molecule has 3 rings (SSSR count). The van der Waals surface area contributed by atoms with E-state index in [-0.39, 0.29) is 25.4 Å². The molecule has 2 aromatic carbocycles. The summed E-state index contributed by atoms with van der Waals surface area (Å²) in [7, 11) is -3.81. The van der Waals surface area contributed by atoms with Gasteiger partial charge in [-0.1, -0.05) is 41.4 Å². The van der Waals surface area contributed by atoms with E-state index in [1.807, 2.05) is 39.0 Å². The lowest BCUT2D eigenvalue weighted by Crippen LogP contribution is -2.47. The molecule has 1 saturated heterocycles. The molecule has 2 N–H and O–H groups in total. The van der Waals surface area contributed by atoms with Crippen LogP contribution in [0, 0.1) is 20.8 Å². The Morgan fingerprint density at radius 1 is 1.08 bits per heavy atom. The molecule has 13 heteroatoms. The molecule has 0 aromatic heterocycles. The molecule has 2 aromatic rings. The normalized spacial score (nSPS) is 14.2. The monoisotopic (exact) mass is 577 g/mol. The van der Waals surface area contributed by atoms with Gasteiger partial charge >= 0.3 is 12.1 Å². The van der Waals surface area contributed by atoms with Crippen molar-refractivity contribution >= 4 is 33.5 Å². The highest BCUT2D eigenvalue weighted by molar-refractivity contribution is 7.89. The van der Waals surface area contributed by atoms with Crippen LogP contribution < -0.4 is 5.32 Å². The predicted molar refractivity (Wildman–Crippen MR) is 137 cm³/mol. The number of rotatable bonds is 7. The van der Waals surface area contributed by atoms with E-state index in [2.05, 4.69) is 5.32 Å². The van der Waals surface area contributed by atoms with Crippen LogP contribution in [-0.4, -0.2) is 73.5 Å². The highest BCUT2D eigenvalue weighted by Gasteiger charge is 2.38. The van der Waals surface area contributed by atoms with Crippen LogP contribution in [0.4, 0.5) is 13.2 Å². The Morgan fingerprint density at radius 3 is 2.13 bits per heavy atom. The number of hydrogen-bond donors (Lipinski definition) is 2. The minimum atomic E-state index is -5.08. The number of carbonyl (C=O) groups is 2. The number of hydrogen-bond acceptors (Lipinski definition) is 5. The minimum absolute atomic E-state index is 0.0230. The van der Waals surface area contributed by atoms with Crippen LogP contribution in [-0.2, 0) is 26.2 Å². The lowest BCUT2D eigenvalue weighted by molar-refractivity contribution is -0.192. The second-order valence-electron chi connectivity index (χ2n) is 8.88. The van der Waals surface area contributed by atoms with Gasteiger partial charge in [-0.3, -0.25) is 4.79 Å². The Bertz CT molecular complexity index is 1230. The number of carboxylic acids is 1. The van der Waals surface area contributed by atoms with Gasteiger partial charge in [0, 0.05) is 50.7 Å². The van der Waals surface area contributed by atoms with Gasteiger partial charge in [0.2, 0.25) is 15.9 Å². The summed E-state index contributed by atoms with van der Waals surface area (Å²) < 4.78 is 60.6. The third kappa shape index (κ3) is 8.97. The summed E-state index contributed by atoms with van der Waals surface area (Å²) in [5.74, 6) is -2.78. The molecule has 1 fully saturated rings. The molecule has 1 aliphatic heterocycles. The fourth-order valence-corrected chi connectivity index (χ4v) is 6.17. The maximum Gasteiger partial charge on any atom is 0.490 e. The lowest BCUT2D eigenvalue weighted by Gasteiger charge is -2.29. The number of aryl methyl sites for hydroxylation is 3. The second-order valence-corrected chi connectivity index (χ2v) is 11.2. The summed E-state index contributed by atoms with van der Waals surface area (Å²) in [6.07, 6.45) is -4.94. The lowest BCUT2D eigenvalue weighted by atomic mass is 10.1. The topological polar surface area (TPSA) is 107 Å². The van der Waals surface area contributed by atoms with Gasteiger partial charge in [-0.25, -0.2) is 13.2 Å². The number of carboxylic acid groups (broad SMARTS) is 1. The van der Waals surface area contributed by atoms with Crippen LogP contribution in [0.15, 0.2) is 41.3 Å². The van der Waals surface area contributed by atoms with Crippen LogP contribution in [0.3, 0.4) is 0 Å². The average Bonchev–Trinajstić information content (AvgIpc) is 2.81. The number of carbonyl (C=O) groups excluding carboxylic acids is 1. The standard InChI is InChI=1S/C23H30ClN3O3S.C2HF3O2/c1-17-13-18(2)23(19(3)14-17)31(29,30)27(16-20-5-4-6-21(24)15-20)10-7-22(28)26-11-8-25-9-12-26;3-2(4,5)1(6)7/h4-6,13-15,25H,7-12,16H2,1-3H3;(H,6,7). The van der Waals surface area contributed by atoms with Crippen LogP contribution in [0.1, 0.15) is 28.7 Å². The maximum absolute atomic E-state index is 13.7. The van der Waals surface area contributed by atoms with E-state index in [1.54, 1.807) is 23.1 Å². The van der Waals surface area contributed by atoms with Crippen molar-refractivity contribution in [1.82, 2.24) is 14.5 Å². The second kappa shape index (κ2) is 13.4. The van der Waals surface area contributed by atoms with Gasteiger partial charge in [0.1, 0.15) is 0 Å². The zero-order chi connectivity index (χ0) is 28.7. The molecule has 38 heavy (non-hydrogen) atoms. The molecular weight excluding hydrogens is 547 g/mol. The smallest absolute Gasteiger partial charge is 0.475 e. The third-order valence-electron chi connectivity index (χ3n) is 5.74. The van der Waals surface area contributed by atoms with E-state index in [0.29, 0.717) is 34.1 Å². The summed E-state index contributed by atoms with van der Waals surface area (Å²) in [6.45, 7) is 8.68. The van der Waals surface area contributed by atoms with Gasteiger partial charge in [0.15, 0.2) is 0 Å². The Hall–Kier alpha value is -2.67. The summed E-state index contributed by atoms with van der Waals surface area (Å²) in [5.41, 5.74) is 3.22. The van der Waals surface area contributed by atoms with E-state index in [4.69, 9.17) is 21.5 Å². The van der Waals surface area contributed by atoms with Crippen LogP contribution in [0.25, 0.3) is 0 Å². The average molecular weight is 578 g/mol. The Morgan fingerprint density at radius 2 is 1.63 bits per heavy atom. The minimum Gasteiger partial charge on any atom is -0.475 e. The Balaban J connectivity index is 0.000000638. The van der Waals surface area contributed by atoms with Gasteiger partial charge in [-0.2, -0.15) is 17.5 Å². The fraction of sp³-hybridized carbons (Fsp3) is 0.440. The van der Waals surface area contributed by atoms with Crippen molar-refractivity contribution in [3.63, 3.8) is 0 Å². The summed E-state index contributed by atoms with van der Waals surface area (Å²) >= 11 is 6.12. The van der Waals surface area contributed by atoms with Crippen LogP contribution in [0.2, 0.25) is 5.02 Å². The molecule has 1 heterocycles. The SMILES string of the molecule is Cc1cc(C)c(S(=O)(=O)N(CCC(=O)N2CCNCC2)Cc2cccc(Cl)c2)c(C)c1.O=C(O)C(F)(F)F. The van der Waals surface area contributed by atoms with Crippen molar-refractivity contribution in [2.45, 2.75) is 44.8 Å². The first-order valence-electron chi connectivity index (χ1n) is 11.7. The first-order valence-corrected chi connectivity index (χ1v) is 13.6. The third-order valence-corrected chi connectivity index (χ3v) is 8.12. The van der Waals surface area contributed by atoms with Crippen molar-refractivity contribution in [1.29, 1.82) is 0 Å². The zero-order valence-corrected chi connectivity index (χ0v) is 22.9. The maximum atomic E-state index is 13.7. The van der Waals surface area contributed by atoms with Crippen LogP contribution in [0.5, 0.6) is 0 Å². The molecule has 0 radical (unpaired) electrons. The first-order chi connectivity index (χ1) is 17.6. The molecular formula is C25H31ClF3N3O5S. The zero-order valence-electron chi connectivity index (χ0n) is 21.3. The Kier molecular flexibility index (Phi) is 11.1. The number of nitrogens with one attached hydrogen (secondary N) is 1. The molecule has 1 aliphatic rings. The summed E-state index contributed by atoms with van der Waals surface area (Å²) in [4.78, 5) is 23.7. The number of piperazine rings is 1. The van der Waals surface area contributed by atoms with E-state index >= 15 is 0 Å². The first kappa shape index (κ1) is 31.5. The van der Waals surface area contributed by atoms with Crippen molar-refractivity contribution in [2.24, 2.45) is 0 Å². The summed E-state index contributed by atoms with van der Waals surface area (Å²) in [5, 5.41) is 10.9. The van der Waals surface area contributed by atoms with E-state index in [0.717, 1.165) is 24.2 Å². The Labute approximate surface area is 225 Å². The van der Waals surface area contributed by atoms with Crippen molar-refractivity contribution in [3.05, 3.63) is 63.7 Å². The number of nitrogens with zero attached hydrogens (tertiary/aromatic N) is 2. The molecule has 0 spiro atoms. The van der Waals surface area contributed by atoms with Gasteiger partial charge in [0.25, 0.3) is 0 Å². The largest absolute Gasteiger partial charge is 0.490 e. The molecule has 8 nitrogen and oxygen atoms in total. The number of alkyl halides is 3. The molecule has 0 aliphatic carbocycles. The van der Waals surface area contributed by atoms with Gasteiger partial charge in [-0.15, -0.1) is 0 Å². The van der Waals surface area contributed by atoms with E-state index in [1.165, 1.54) is 4.31 Å². The van der Waals surface area contributed by atoms with Gasteiger partial charge < -0.3 is 15.3 Å². The molecule has 210 valence electrons. The number of amides is 1. The quantitative estimate of drug-likeness (QED) is 0.517. The highest BCUT2D eigenvalue weighted by Crippen LogP contribution is 2.27. The van der Waals surface area contributed by atoms with Crippen molar-refractivity contribution in [2.75, 3.05) is 32.7 Å². The predicted octanol–water partition coefficient (Wildman–Crippen LogP) is 3.91. The molecule has 0 atom stereocenters. The molecule has 0 unspecified atom stereocenters. The summed E-state index contributed by atoms with van der Waals surface area (Å²) in [6, 6.07) is 10.9. The number of aliphatic carboxylic acids is 1. The van der Waals surface area contributed by atoms with Crippen LogP contribution >= 0.6 is 11.6 Å². The highest BCUT2D eigenvalue weighted by atomic mass is 35.5. The molecule has 0 bridgehead atoms. The van der Waals surface area contributed by atoms with E-state index < -0.39 is 22.2 Å². The van der Waals surface area contributed by atoms with Gasteiger partial charge in [0.05, 0.1) is 4.90 Å². The number of sulfonamides is 1. The fourth-order valence-electron chi connectivity index (χ4n) is 4.12. The van der Waals surface area contributed by atoms with Crippen molar-refractivity contribution < 1.29 is 36.3 Å². The van der Waals surface area contributed by atoms with Gasteiger partial charge in [-0.05, 0) is 49.6 Å². The molecule has 1 amide bonds.